The number of benzene rings is 1. The molecule has 7 nitrogen and oxygen atoms in total. The fraction of sp³-hybridized carbons (Fsp3) is 0.316. The number of fused-ring (bicyclic) bond motifs is 1. The summed E-state index contributed by atoms with van der Waals surface area (Å²) in [5.41, 5.74) is 6.84. The fourth-order valence-electron chi connectivity index (χ4n) is 2.79. The second-order valence-electron chi connectivity index (χ2n) is 6.22. The molecule has 1 unspecified atom stereocenters. The van der Waals surface area contributed by atoms with Crippen LogP contribution in [-0.2, 0) is 4.74 Å². The highest BCUT2D eigenvalue weighted by Gasteiger charge is 2.20. The van der Waals surface area contributed by atoms with E-state index in [2.05, 4.69) is 15.3 Å². The molecular weight excluding hydrogens is 383 g/mol. The largest absolute Gasteiger partial charge is 0.488 e. The lowest BCUT2D eigenvalue weighted by molar-refractivity contribution is 0.0605. The summed E-state index contributed by atoms with van der Waals surface area (Å²) in [4.78, 5) is 21.7. The lowest BCUT2D eigenvalue weighted by Crippen LogP contribution is -2.17. The van der Waals surface area contributed by atoms with Crippen LogP contribution in [0, 0.1) is 12.7 Å². The molecule has 0 bridgehead atoms. The molecule has 0 saturated carbocycles. The van der Waals surface area contributed by atoms with Gasteiger partial charge in [-0.3, -0.25) is 0 Å². The summed E-state index contributed by atoms with van der Waals surface area (Å²) >= 11 is 1.23. The van der Waals surface area contributed by atoms with Gasteiger partial charge >= 0.3 is 5.97 Å². The van der Waals surface area contributed by atoms with Crippen molar-refractivity contribution in [1.29, 1.82) is 0 Å². The highest BCUT2D eigenvalue weighted by molar-refractivity contribution is 7.20. The Morgan fingerprint density at radius 1 is 1.39 bits per heavy atom. The van der Waals surface area contributed by atoms with Crippen LogP contribution in [0.15, 0.2) is 24.5 Å². The molecule has 0 aliphatic heterocycles. The summed E-state index contributed by atoms with van der Waals surface area (Å²) in [6, 6.07) is 4.23. The topological polar surface area (TPSA) is 99.4 Å². The van der Waals surface area contributed by atoms with Gasteiger partial charge in [0.2, 0.25) is 0 Å². The average molecular weight is 404 g/mol. The number of nitrogens with one attached hydrogen (secondary N) is 1. The average Bonchev–Trinajstić information content (AvgIpc) is 3.01. The number of nitrogens with two attached hydrogens (primary N) is 1. The minimum atomic E-state index is -0.423. The summed E-state index contributed by atoms with van der Waals surface area (Å²) in [5, 5.41) is 3.89. The van der Waals surface area contributed by atoms with Crippen LogP contribution in [-0.4, -0.2) is 35.7 Å². The number of aryl methyl sites for hydroxylation is 1. The Morgan fingerprint density at radius 3 is 2.89 bits per heavy atom. The van der Waals surface area contributed by atoms with Gasteiger partial charge in [-0.25, -0.2) is 19.2 Å². The van der Waals surface area contributed by atoms with Crippen molar-refractivity contribution in [2.45, 2.75) is 26.4 Å². The first-order valence-electron chi connectivity index (χ1n) is 8.70. The molecule has 0 saturated heterocycles. The van der Waals surface area contributed by atoms with Gasteiger partial charge in [0.15, 0.2) is 0 Å². The number of halogens is 1. The van der Waals surface area contributed by atoms with E-state index < -0.39 is 11.8 Å². The number of nitrogens with zero attached hydrogens (tertiary/aromatic N) is 2. The van der Waals surface area contributed by atoms with E-state index >= 15 is 0 Å². The lowest BCUT2D eigenvalue weighted by Gasteiger charge is -2.18. The second kappa shape index (κ2) is 8.49. The summed E-state index contributed by atoms with van der Waals surface area (Å²) < 4.78 is 24.4. The van der Waals surface area contributed by atoms with Crippen LogP contribution in [0.1, 0.15) is 28.6 Å². The third-order valence-electron chi connectivity index (χ3n) is 4.20. The van der Waals surface area contributed by atoms with E-state index in [1.54, 1.807) is 6.07 Å². The molecule has 3 N–H and O–H groups in total. The zero-order chi connectivity index (χ0) is 20.3. The maximum atomic E-state index is 13.8. The van der Waals surface area contributed by atoms with E-state index in [0.717, 1.165) is 5.56 Å². The monoisotopic (exact) mass is 404 g/mol. The predicted molar refractivity (Wildman–Crippen MR) is 107 cm³/mol. The predicted octanol–water partition coefficient (Wildman–Crippen LogP) is 3.79. The maximum absolute atomic E-state index is 13.8. The molecule has 1 atom stereocenters. The Balaban J connectivity index is 2.01. The third kappa shape index (κ3) is 4.05. The molecule has 2 heterocycles. The minimum Gasteiger partial charge on any atom is -0.488 e. The highest BCUT2D eigenvalue weighted by atomic mass is 32.1. The molecule has 2 aromatic heterocycles. The van der Waals surface area contributed by atoms with Gasteiger partial charge in [0.1, 0.15) is 33.4 Å². The van der Waals surface area contributed by atoms with Gasteiger partial charge in [-0.2, -0.15) is 0 Å². The van der Waals surface area contributed by atoms with Crippen LogP contribution in [0.25, 0.3) is 10.2 Å². The molecule has 0 radical (unpaired) electrons. The van der Waals surface area contributed by atoms with Crippen LogP contribution >= 0.6 is 11.3 Å². The van der Waals surface area contributed by atoms with Crippen molar-refractivity contribution in [1.82, 2.24) is 9.97 Å². The van der Waals surface area contributed by atoms with Crippen LogP contribution < -0.4 is 15.8 Å². The first kappa shape index (κ1) is 20.0. The Hall–Kier alpha value is -2.78. The number of hydrogen-bond acceptors (Lipinski definition) is 8. The molecule has 3 aromatic rings. The van der Waals surface area contributed by atoms with Crippen molar-refractivity contribution in [3.63, 3.8) is 0 Å². The van der Waals surface area contributed by atoms with Crippen molar-refractivity contribution in [2.75, 3.05) is 19.0 Å². The van der Waals surface area contributed by atoms with Crippen molar-refractivity contribution in [3.8, 4) is 5.75 Å². The molecule has 1 aromatic carbocycles. The summed E-state index contributed by atoms with van der Waals surface area (Å²) in [6.07, 6.45) is 1.87. The Morgan fingerprint density at radius 2 is 2.18 bits per heavy atom. The minimum absolute atomic E-state index is 0.174. The van der Waals surface area contributed by atoms with Crippen molar-refractivity contribution >= 4 is 39.0 Å². The zero-order valence-corrected chi connectivity index (χ0v) is 16.6. The second-order valence-corrected chi connectivity index (χ2v) is 7.22. The molecule has 0 spiro atoms. The number of carbonyl (C=O) groups excluding carboxylic acids is 1. The van der Waals surface area contributed by atoms with E-state index in [9.17, 15) is 9.18 Å². The van der Waals surface area contributed by atoms with E-state index in [1.165, 1.54) is 36.9 Å². The number of esters is 1. The van der Waals surface area contributed by atoms with E-state index in [-0.39, 0.29) is 6.10 Å². The summed E-state index contributed by atoms with van der Waals surface area (Å²) in [5.74, 6) is 0.0199. The first-order valence-corrected chi connectivity index (χ1v) is 9.52. The number of methoxy groups -OCH3 is 1. The Labute approximate surface area is 165 Å². The smallest absolute Gasteiger partial charge is 0.348 e. The molecule has 0 aliphatic rings. The van der Waals surface area contributed by atoms with Crippen LogP contribution in [0.3, 0.4) is 0 Å². The summed E-state index contributed by atoms with van der Waals surface area (Å²) in [7, 11) is 1.33. The number of carbonyl (C=O) groups is 1. The number of hydrogen-bond donors (Lipinski definition) is 2. The van der Waals surface area contributed by atoms with Gasteiger partial charge in [-0.15, -0.1) is 11.3 Å². The molecule has 0 aliphatic carbocycles. The lowest BCUT2D eigenvalue weighted by atomic mass is 10.2. The molecule has 148 valence electrons. The molecular formula is C19H21FN4O3S. The van der Waals surface area contributed by atoms with Gasteiger partial charge in [0, 0.05) is 6.07 Å². The standard InChI is InChI=1S/C19H21FN4O3S/c1-10(6-7-21)27-14-8-12(20)4-5-13(14)24-17-15-11(2)16(19(25)26-3)28-18(15)23-9-22-17/h4-5,8-10H,6-7,21H2,1-3H3,(H,22,23,24). The van der Waals surface area contributed by atoms with Crippen LogP contribution in [0.5, 0.6) is 5.75 Å². The number of ether oxygens (including phenoxy) is 2. The fourth-order valence-corrected chi connectivity index (χ4v) is 3.86. The van der Waals surface area contributed by atoms with Crippen molar-refractivity contribution in [3.05, 3.63) is 40.8 Å². The zero-order valence-electron chi connectivity index (χ0n) is 15.8. The number of aromatic nitrogens is 2. The van der Waals surface area contributed by atoms with Crippen LogP contribution in [0.4, 0.5) is 15.9 Å². The number of thiophene rings is 1. The van der Waals surface area contributed by atoms with Gasteiger partial charge in [0.25, 0.3) is 0 Å². The van der Waals surface area contributed by atoms with Crippen LogP contribution in [0.2, 0.25) is 0 Å². The normalized spacial score (nSPS) is 12.0. The third-order valence-corrected chi connectivity index (χ3v) is 5.38. The number of rotatable bonds is 7. The Kier molecular flexibility index (Phi) is 6.05. The highest BCUT2D eigenvalue weighted by Crippen LogP contribution is 2.36. The first-order chi connectivity index (χ1) is 13.4. The van der Waals surface area contributed by atoms with E-state index in [0.29, 0.717) is 45.3 Å². The number of anilines is 2. The van der Waals surface area contributed by atoms with E-state index in [1.807, 2.05) is 13.8 Å². The molecule has 28 heavy (non-hydrogen) atoms. The molecule has 0 amide bonds. The quantitative estimate of drug-likeness (QED) is 0.578. The molecule has 0 fully saturated rings. The Bertz CT molecular complexity index is 1010. The molecule has 3 rings (SSSR count). The SMILES string of the molecule is COC(=O)c1sc2ncnc(Nc3ccc(F)cc3OC(C)CCN)c2c1C. The van der Waals surface area contributed by atoms with E-state index in [4.69, 9.17) is 15.2 Å². The van der Waals surface area contributed by atoms with Gasteiger partial charge < -0.3 is 20.5 Å². The van der Waals surface area contributed by atoms with Gasteiger partial charge in [0.05, 0.1) is 24.3 Å². The molecule has 9 heteroatoms. The summed E-state index contributed by atoms with van der Waals surface area (Å²) in [6.45, 7) is 4.15. The maximum Gasteiger partial charge on any atom is 0.348 e. The van der Waals surface area contributed by atoms with Crippen molar-refractivity contribution < 1.29 is 18.7 Å². The van der Waals surface area contributed by atoms with Gasteiger partial charge in [-0.1, -0.05) is 0 Å². The van der Waals surface area contributed by atoms with Gasteiger partial charge in [-0.05, 0) is 44.5 Å². The van der Waals surface area contributed by atoms with Crippen molar-refractivity contribution in [2.24, 2.45) is 5.73 Å².